The van der Waals surface area contributed by atoms with E-state index in [1.807, 2.05) is 0 Å². The SMILES string of the molecule is CCCCCCN1CCN(C2CN(CCCC)S(=O)(=O)C2)CC1. The molecule has 1 unspecified atom stereocenters. The molecule has 0 bridgehead atoms. The molecule has 2 aliphatic rings. The maximum Gasteiger partial charge on any atom is 0.215 e. The molecular formula is C17H35N3O2S. The summed E-state index contributed by atoms with van der Waals surface area (Å²) < 4.78 is 26.3. The van der Waals surface area contributed by atoms with E-state index in [0.717, 1.165) is 39.0 Å². The van der Waals surface area contributed by atoms with E-state index in [0.29, 0.717) is 18.8 Å². The highest BCUT2D eigenvalue weighted by Crippen LogP contribution is 2.20. The summed E-state index contributed by atoms with van der Waals surface area (Å²) in [5.74, 6) is 0.327. The van der Waals surface area contributed by atoms with Crippen LogP contribution in [0.4, 0.5) is 0 Å². The van der Waals surface area contributed by atoms with Crippen LogP contribution in [0.25, 0.3) is 0 Å². The van der Waals surface area contributed by atoms with Crippen LogP contribution in [-0.4, -0.2) is 80.1 Å². The predicted molar refractivity (Wildman–Crippen MR) is 96.2 cm³/mol. The van der Waals surface area contributed by atoms with Crippen molar-refractivity contribution in [1.29, 1.82) is 0 Å². The Balaban J connectivity index is 1.73. The molecule has 0 spiro atoms. The smallest absolute Gasteiger partial charge is 0.215 e. The average molecular weight is 346 g/mol. The number of hydrogen-bond donors (Lipinski definition) is 0. The average Bonchev–Trinajstić information content (AvgIpc) is 2.85. The second-order valence-corrected chi connectivity index (χ2v) is 9.10. The first-order valence-electron chi connectivity index (χ1n) is 9.51. The van der Waals surface area contributed by atoms with Crippen LogP contribution in [0.5, 0.6) is 0 Å². The van der Waals surface area contributed by atoms with Crippen LogP contribution in [0.1, 0.15) is 52.4 Å². The molecule has 0 aromatic heterocycles. The van der Waals surface area contributed by atoms with Gasteiger partial charge >= 0.3 is 0 Å². The van der Waals surface area contributed by atoms with E-state index in [1.54, 1.807) is 4.31 Å². The lowest BCUT2D eigenvalue weighted by atomic mass is 10.1. The van der Waals surface area contributed by atoms with Gasteiger partial charge in [-0.05, 0) is 19.4 Å². The molecule has 136 valence electrons. The lowest BCUT2D eigenvalue weighted by Crippen LogP contribution is -2.51. The molecule has 2 aliphatic heterocycles. The Bertz CT molecular complexity index is 433. The van der Waals surface area contributed by atoms with Crippen LogP contribution < -0.4 is 0 Å². The van der Waals surface area contributed by atoms with Gasteiger partial charge in [-0.1, -0.05) is 39.5 Å². The van der Waals surface area contributed by atoms with Gasteiger partial charge in [-0.2, -0.15) is 0 Å². The highest BCUT2D eigenvalue weighted by molar-refractivity contribution is 7.89. The van der Waals surface area contributed by atoms with E-state index in [9.17, 15) is 8.42 Å². The summed E-state index contributed by atoms with van der Waals surface area (Å²) >= 11 is 0. The van der Waals surface area contributed by atoms with E-state index in [1.165, 1.54) is 32.2 Å². The van der Waals surface area contributed by atoms with E-state index in [-0.39, 0.29) is 6.04 Å². The zero-order valence-electron chi connectivity index (χ0n) is 15.0. The Morgan fingerprint density at radius 1 is 0.870 bits per heavy atom. The van der Waals surface area contributed by atoms with Crippen molar-refractivity contribution in [3.8, 4) is 0 Å². The number of rotatable bonds is 9. The third-order valence-corrected chi connectivity index (χ3v) is 7.15. The Morgan fingerprint density at radius 2 is 1.57 bits per heavy atom. The first kappa shape index (κ1) is 19.2. The summed E-state index contributed by atoms with van der Waals surface area (Å²) in [5.41, 5.74) is 0. The molecule has 2 heterocycles. The zero-order valence-corrected chi connectivity index (χ0v) is 15.9. The number of piperazine rings is 1. The lowest BCUT2D eigenvalue weighted by Gasteiger charge is -2.37. The van der Waals surface area contributed by atoms with Crippen LogP contribution in [-0.2, 0) is 10.0 Å². The van der Waals surface area contributed by atoms with Crippen LogP contribution in [0.3, 0.4) is 0 Å². The monoisotopic (exact) mass is 345 g/mol. The van der Waals surface area contributed by atoms with E-state index in [2.05, 4.69) is 23.6 Å². The van der Waals surface area contributed by atoms with Crippen molar-refractivity contribution in [2.45, 2.75) is 58.4 Å². The molecule has 1 atom stereocenters. The van der Waals surface area contributed by atoms with Gasteiger partial charge in [0.25, 0.3) is 0 Å². The normalized spacial score (nSPS) is 26.8. The minimum Gasteiger partial charge on any atom is -0.301 e. The molecular weight excluding hydrogens is 310 g/mol. The quantitative estimate of drug-likeness (QED) is 0.600. The van der Waals surface area contributed by atoms with Crippen molar-refractivity contribution in [1.82, 2.24) is 14.1 Å². The van der Waals surface area contributed by atoms with E-state index < -0.39 is 10.0 Å². The first-order valence-corrected chi connectivity index (χ1v) is 11.1. The molecule has 0 N–H and O–H groups in total. The number of hydrogen-bond acceptors (Lipinski definition) is 4. The van der Waals surface area contributed by atoms with Gasteiger partial charge in [0.2, 0.25) is 10.0 Å². The second-order valence-electron chi connectivity index (χ2n) is 7.08. The molecule has 2 fully saturated rings. The van der Waals surface area contributed by atoms with E-state index >= 15 is 0 Å². The largest absolute Gasteiger partial charge is 0.301 e. The third kappa shape index (κ3) is 5.69. The highest BCUT2D eigenvalue weighted by Gasteiger charge is 2.39. The summed E-state index contributed by atoms with van der Waals surface area (Å²) in [6.07, 6.45) is 7.29. The summed E-state index contributed by atoms with van der Waals surface area (Å²) in [6.45, 7) is 11.2. The topological polar surface area (TPSA) is 43.9 Å². The Morgan fingerprint density at radius 3 is 2.22 bits per heavy atom. The van der Waals surface area contributed by atoms with Crippen molar-refractivity contribution in [2.24, 2.45) is 0 Å². The summed E-state index contributed by atoms with van der Waals surface area (Å²) in [6, 6.07) is 0.207. The molecule has 2 rings (SSSR count). The fraction of sp³-hybridized carbons (Fsp3) is 1.00. The Hall–Kier alpha value is -0.170. The van der Waals surface area contributed by atoms with Crippen LogP contribution in [0.2, 0.25) is 0 Å². The van der Waals surface area contributed by atoms with Crippen molar-refractivity contribution in [3.63, 3.8) is 0 Å². The van der Waals surface area contributed by atoms with Crippen molar-refractivity contribution in [3.05, 3.63) is 0 Å². The van der Waals surface area contributed by atoms with Crippen molar-refractivity contribution in [2.75, 3.05) is 51.6 Å². The molecule has 6 heteroatoms. The molecule has 0 amide bonds. The molecule has 23 heavy (non-hydrogen) atoms. The van der Waals surface area contributed by atoms with Crippen LogP contribution in [0.15, 0.2) is 0 Å². The van der Waals surface area contributed by atoms with Gasteiger partial charge in [-0.3, -0.25) is 4.90 Å². The van der Waals surface area contributed by atoms with Gasteiger partial charge in [0.05, 0.1) is 5.75 Å². The molecule has 0 aromatic carbocycles. The molecule has 2 saturated heterocycles. The molecule has 0 radical (unpaired) electrons. The van der Waals surface area contributed by atoms with Crippen molar-refractivity contribution >= 4 is 10.0 Å². The van der Waals surface area contributed by atoms with Gasteiger partial charge in [0, 0.05) is 45.3 Å². The number of sulfonamides is 1. The second kappa shape index (κ2) is 9.35. The summed E-state index contributed by atoms with van der Waals surface area (Å²) in [4.78, 5) is 4.95. The maximum atomic E-state index is 12.3. The standard InChI is InChI=1S/C17H35N3O2S/c1-3-5-7-8-9-18-11-13-19(14-12-18)17-15-20(10-6-4-2)23(21,22)16-17/h17H,3-16H2,1-2H3. The molecule has 0 saturated carbocycles. The van der Waals surface area contributed by atoms with Gasteiger partial charge in [-0.15, -0.1) is 0 Å². The van der Waals surface area contributed by atoms with Gasteiger partial charge in [0.15, 0.2) is 0 Å². The van der Waals surface area contributed by atoms with E-state index in [4.69, 9.17) is 0 Å². The maximum absolute atomic E-state index is 12.3. The minimum atomic E-state index is -3.01. The first-order chi connectivity index (χ1) is 11.1. The number of unbranched alkanes of at least 4 members (excludes halogenated alkanes) is 4. The third-order valence-electron chi connectivity index (χ3n) is 5.22. The fourth-order valence-electron chi connectivity index (χ4n) is 3.65. The van der Waals surface area contributed by atoms with Gasteiger partial charge in [-0.25, -0.2) is 12.7 Å². The summed E-state index contributed by atoms with van der Waals surface area (Å²) in [7, 11) is -3.01. The Labute approximate surface area is 143 Å². The van der Waals surface area contributed by atoms with Crippen molar-refractivity contribution < 1.29 is 8.42 Å². The zero-order chi connectivity index (χ0) is 16.7. The summed E-state index contributed by atoms with van der Waals surface area (Å²) in [5, 5.41) is 0. The van der Waals surface area contributed by atoms with Crippen LogP contribution >= 0.6 is 0 Å². The number of nitrogens with zero attached hydrogens (tertiary/aromatic N) is 3. The predicted octanol–water partition coefficient (Wildman–Crippen LogP) is 2.00. The molecule has 0 aliphatic carbocycles. The van der Waals surface area contributed by atoms with Gasteiger partial charge in [0.1, 0.15) is 0 Å². The Kier molecular flexibility index (Phi) is 7.79. The van der Waals surface area contributed by atoms with Gasteiger partial charge < -0.3 is 4.90 Å². The minimum absolute atomic E-state index is 0.207. The van der Waals surface area contributed by atoms with Crippen LogP contribution in [0, 0.1) is 0 Å². The molecule has 0 aromatic rings. The highest BCUT2D eigenvalue weighted by atomic mass is 32.2. The fourth-order valence-corrected chi connectivity index (χ4v) is 5.47. The lowest BCUT2D eigenvalue weighted by molar-refractivity contribution is 0.1000. The molecule has 5 nitrogen and oxygen atoms in total.